The Balaban J connectivity index is 1.96. The molecule has 0 radical (unpaired) electrons. The minimum atomic E-state index is 0.828. The first-order valence-electron chi connectivity index (χ1n) is 6.83. The van der Waals surface area contributed by atoms with Crippen LogP contribution < -0.4 is 4.90 Å². The second-order valence-corrected chi connectivity index (χ2v) is 4.96. The fourth-order valence-electron chi connectivity index (χ4n) is 2.56. The molecule has 2 aromatic carbocycles. The molecule has 0 atom stereocenters. The van der Waals surface area contributed by atoms with Crippen LogP contribution >= 0.6 is 0 Å². The lowest BCUT2D eigenvalue weighted by atomic mass is 9.99. The molecule has 0 saturated carbocycles. The Hall–Kier alpha value is -1.80. The van der Waals surface area contributed by atoms with Crippen molar-refractivity contribution in [1.29, 1.82) is 0 Å². The summed E-state index contributed by atoms with van der Waals surface area (Å²) >= 11 is 0. The summed E-state index contributed by atoms with van der Waals surface area (Å²) in [7, 11) is 0. The summed E-state index contributed by atoms with van der Waals surface area (Å²) in [5.41, 5.74) is 5.23. The van der Waals surface area contributed by atoms with Gasteiger partial charge < -0.3 is 9.64 Å². The van der Waals surface area contributed by atoms with Gasteiger partial charge in [-0.3, -0.25) is 0 Å². The molecular weight excluding hydrogens is 234 g/mol. The van der Waals surface area contributed by atoms with Crippen LogP contribution in [0.15, 0.2) is 48.5 Å². The first-order chi connectivity index (χ1) is 9.34. The number of rotatable bonds is 2. The maximum Gasteiger partial charge on any atom is 0.0642 e. The van der Waals surface area contributed by atoms with Crippen molar-refractivity contribution in [2.75, 3.05) is 31.2 Å². The van der Waals surface area contributed by atoms with Crippen LogP contribution in [0.4, 0.5) is 5.69 Å². The van der Waals surface area contributed by atoms with Gasteiger partial charge in [0.2, 0.25) is 0 Å². The van der Waals surface area contributed by atoms with E-state index in [1.807, 2.05) is 0 Å². The molecule has 2 heteroatoms. The smallest absolute Gasteiger partial charge is 0.0642 e. The summed E-state index contributed by atoms with van der Waals surface area (Å²) in [6.45, 7) is 5.79. The lowest BCUT2D eigenvalue weighted by Crippen LogP contribution is -2.36. The molecule has 19 heavy (non-hydrogen) atoms. The fraction of sp³-hybridized carbons (Fsp3) is 0.294. The van der Waals surface area contributed by atoms with Crippen molar-refractivity contribution in [2.24, 2.45) is 0 Å². The van der Waals surface area contributed by atoms with Gasteiger partial charge in [-0.05, 0) is 35.7 Å². The first-order valence-corrected chi connectivity index (χ1v) is 6.83. The fourth-order valence-corrected chi connectivity index (χ4v) is 2.56. The van der Waals surface area contributed by atoms with Crippen LogP contribution in [0.1, 0.15) is 5.56 Å². The molecule has 0 N–H and O–H groups in total. The second kappa shape index (κ2) is 5.45. The lowest BCUT2D eigenvalue weighted by Gasteiger charge is -2.29. The molecule has 0 unspecified atom stereocenters. The first kappa shape index (κ1) is 12.2. The molecule has 0 amide bonds. The van der Waals surface area contributed by atoms with Crippen LogP contribution in [0.25, 0.3) is 11.1 Å². The van der Waals surface area contributed by atoms with Gasteiger partial charge >= 0.3 is 0 Å². The van der Waals surface area contributed by atoms with Crippen LogP contribution in [0.5, 0.6) is 0 Å². The van der Waals surface area contributed by atoms with Crippen molar-refractivity contribution >= 4 is 5.69 Å². The minimum absolute atomic E-state index is 0.828. The average molecular weight is 253 g/mol. The number of hydrogen-bond acceptors (Lipinski definition) is 2. The van der Waals surface area contributed by atoms with Gasteiger partial charge in [0.05, 0.1) is 13.2 Å². The number of morpholine rings is 1. The lowest BCUT2D eigenvalue weighted by molar-refractivity contribution is 0.122. The molecule has 1 aliphatic heterocycles. The number of aryl methyl sites for hydroxylation is 1. The molecule has 0 aromatic heterocycles. The maximum absolute atomic E-state index is 5.42. The number of ether oxygens (including phenoxy) is 1. The maximum atomic E-state index is 5.42. The van der Waals surface area contributed by atoms with Crippen molar-refractivity contribution in [3.05, 3.63) is 54.1 Å². The summed E-state index contributed by atoms with van der Waals surface area (Å²) in [4.78, 5) is 2.40. The summed E-state index contributed by atoms with van der Waals surface area (Å²) < 4.78 is 5.42. The van der Waals surface area contributed by atoms with Gasteiger partial charge in [-0.1, -0.05) is 36.4 Å². The van der Waals surface area contributed by atoms with E-state index < -0.39 is 0 Å². The van der Waals surface area contributed by atoms with Crippen LogP contribution in [0, 0.1) is 6.92 Å². The van der Waals surface area contributed by atoms with E-state index in [0.29, 0.717) is 0 Å². The monoisotopic (exact) mass is 253 g/mol. The van der Waals surface area contributed by atoms with E-state index >= 15 is 0 Å². The van der Waals surface area contributed by atoms with Crippen molar-refractivity contribution in [1.82, 2.24) is 0 Å². The van der Waals surface area contributed by atoms with Crippen LogP contribution in [-0.2, 0) is 4.74 Å². The Morgan fingerprint density at radius 1 is 0.947 bits per heavy atom. The Labute approximate surface area is 114 Å². The molecule has 2 nitrogen and oxygen atoms in total. The standard InChI is InChI=1S/C17H19NO/c1-14-7-8-16(18-9-11-19-12-10-18)13-17(14)15-5-3-2-4-6-15/h2-8,13H,9-12H2,1H3. The third-order valence-corrected chi connectivity index (χ3v) is 3.68. The molecule has 98 valence electrons. The SMILES string of the molecule is Cc1ccc(N2CCOCC2)cc1-c1ccccc1. The average Bonchev–Trinajstić information content (AvgIpc) is 2.49. The van der Waals surface area contributed by atoms with Crippen LogP contribution in [0.2, 0.25) is 0 Å². The third-order valence-electron chi connectivity index (χ3n) is 3.68. The number of benzene rings is 2. The van der Waals surface area contributed by atoms with E-state index in [4.69, 9.17) is 4.74 Å². The molecule has 0 bridgehead atoms. The van der Waals surface area contributed by atoms with E-state index in [2.05, 4.69) is 60.4 Å². The van der Waals surface area contributed by atoms with Gasteiger partial charge in [0.25, 0.3) is 0 Å². The van der Waals surface area contributed by atoms with E-state index in [9.17, 15) is 0 Å². The van der Waals surface area contributed by atoms with Crippen molar-refractivity contribution in [2.45, 2.75) is 6.92 Å². The predicted molar refractivity (Wildman–Crippen MR) is 79.6 cm³/mol. The summed E-state index contributed by atoms with van der Waals surface area (Å²) in [6, 6.07) is 17.3. The van der Waals surface area contributed by atoms with Gasteiger partial charge in [0.15, 0.2) is 0 Å². The zero-order chi connectivity index (χ0) is 13.1. The molecule has 1 saturated heterocycles. The highest BCUT2D eigenvalue weighted by Crippen LogP contribution is 2.28. The number of anilines is 1. The van der Waals surface area contributed by atoms with Gasteiger partial charge in [-0.15, -0.1) is 0 Å². The Bertz CT molecular complexity index is 544. The predicted octanol–water partition coefficient (Wildman–Crippen LogP) is 3.50. The van der Waals surface area contributed by atoms with Crippen molar-refractivity contribution in [3.63, 3.8) is 0 Å². The molecule has 3 rings (SSSR count). The molecular formula is C17H19NO. The zero-order valence-electron chi connectivity index (χ0n) is 11.3. The molecule has 2 aromatic rings. The largest absolute Gasteiger partial charge is 0.378 e. The summed E-state index contributed by atoms with van der Waals surface area (Å²) in [5, 5.41) is 0. The topological polar surface area (TPSA) is 12.5 Å². The quantitative estimate of drug-likeness (QED) is 0.812. The van der Waals surface area contributed by atoms with Crippen LogP contribution in [0.3, 0.4) is 0 Å². The highest BCUT2D eigenvalue weighted by atomic mass is 16.5. The van der Waals surface area contributed by atoms with E-state index in [-0.39, 0.29) is 0 Å². The van der Waals surface area contributed by atoms with Gasteiger partial charge in [-0.25, -0.2) is 0 Å². The van der Waals surface area contributed by atoms with E-state index in [1.54, 1.807) is 0 Å². The molecule has 0 aliphatic carbocycles. The minimum Gasteiger partial charge on any atom is -0.378 e. The Kier molecular flexibility index (Phi) is 3.51. The molecule has 1 heterocycles. The van der Waals surface area contributed by atoms with E-state index in [0.717, 1.165) is 26.3 Å². The number of hydrogen-bond donors (Lipinski definition) is 0. The highest BCUT2D eigenvalue weighted by molar-refractivity contribution is 5.71. The number of nitrogens with zero attached hydrogens (tertiary/aromatic N) is 1. The van der Waals surface area contributed by atoms with E-state index in [1.165, 1.54) is 22.4 Å². The molecule has 1 aliphatic rings. The molecule has 0 spiro atoms. The second-order valence-electron chi connectivity index (χ2n) is 4.96. The van der Waals surface area contributed by atoms with Crippen LogP contribution in [-0.4, -0.2) is 26.3 Å². The normalized spacial score (nSPS) is 15.5. The van der Waals surface area contributed by atoms with Crippen molar-refractivity contribution < 1.29 is 4.74 Å². The zero-order valence-corrected chi connectivity index (χ0v) is 11.3. The van der Waals surface area contributed by atoms with Gasteiger partial charge in [0, 0.05) is 18.8 Å². The molecule has 1 fully saturated rings. The van der Waals surface area contributed by atoms with Gasteiger partial charge in [0.1, 0.15) is 0 Å². The summed E-state index contributed by atoms with van der Waals surface area (Å²) in [5.74, 6) is 0. The Morgan fingerprint density at radius 3 is 2.42 bits per heavy atom. The Morgan fingerprint density at radius 2 is 1.68 bits per heavy atom. The highest BCUT2D eigenvalue weighted by Gasteiger charge is 2.12. The third kappa shape index (κ3) is 2.64. The summed E-state index contributed by atoms with van der Waals surface area (Å²) in [6.07, 6.45) is 0. The van der Waals surface area contributed by atoms with Crippen molar-refractivity contribution in [3.8, 4) is 11.1 Å². The van der Waals surface area contributed by atoms with Gasteiger partial charge in [-0.2, -0.15) is 0 Å².